The summed E-state index contributed by atoms with van der Waals surface area (Å²) >= 11 is 5.88. The van der Waals surface area contributed by atoms with E-state index in [4.69, 9.17) is 11.6 Å². The average Bonchev–Trinajstić information content (AvgIpc) is 2.47. The molecule has 2 rings (SSSR count). The summed E-state index contributed by atoms with van der Waals surface area (Å²) in [5.74, 6) is -0.536. The van der Waals surface area contributed by atoms with E-state index in [-0.39, 0.29) is 11.3 Å². The molecule has 0 aliphatic carbocycles. The number of benzene rings is 2. The second-order valence-corrected chi connectivity index (χ2v) is 7.51. The van der Waals surface area contributed by atoms with E-state index in [2.05, 4.69) is 4.72 Å². The fourth-order valence-corrected chi connectivity index (χ4v) is 3.76. The van der Waals surface area contributed by atoms with Gasteiger partial charge in [-0.2, -0.15) is 0 Å². The van der Waals surface area contributed by atoms with Crippen molar-refractivity contribution in [1.29, 1.82) is 0 Å². The minimum absolute atomic E-state index is 0.0738. The maximum absolute atomic E-state index is 12.3. The fourth-order valence-electron chi connectivity index (χ4n) is 2.20. The van der Waals surface area contributed by atoms with Crippen LogP contribution in [0.1, 0.15) is 23.1 Å². The van der Waals surface area contributed by atoms with Gasteiger partial charge in [-0.1, -0.05) is 35.9 Å². The lowest BCUT2D eigenvalue weighted by Crippen LogP contribution is -2.31. The molecular weight excluding hydrogens is 334 g/mol. The molecule has 0 bridgehead atoms. The SMILES string of the molecule is Cc1ccc(C)c(S(=O)(=O)NC(=O)CCc2cccc(Cl)c2)c1. The van der Waals surface area contributed by atoms with Gasteiger partial charge in [-0.15, -0.1) is 0 Å². The van der Waals surface area contributed by atoms with Crippen LogP contribution in [-0.2, 0) is 21.2 Å². The van der Waals surface area contributed by atoms with Gasteiger partial charge in [-0.3, -0.25) is 4.79 Å². The van der Waals surface area contributed by atoms with Gasteiger partial charge < -0.3 is 0 Å². The van der Waals surface area contributed by atoms with Crippen LogP contribution in [0.5, 0.6) is 0 Å². The summed E-state index contributed by atoms with van der Waals surface area (Å²) in [7, 11) is -3.85. The lowest BCUT2D eigenvalue weighted by molar-refractivity contribution is -0.119. The predicted octanol–water partition coefficient (Wildman–Crippen LogP) is 3.39. The van der Waals surface area contributed by atoms with Gasteiger partial charge in [0.2, 0.25) is 5.91 Å². The van der Waals surface area contributed by atoms with Crippen LogP contribution in [0.2, 0.25) is 5.02 Å². The van der Waals surface area contributed by atoms with Gasteiger partial charge in [0.15, 0.2) is 0 Å². The first-order valence-corrected chi connectivity index (χ1v) is 9.01. The second-order valence-electron chi connectivity index (χ2n) is 5.43. The van der Waals surface area contributed by atoms with Crippen molar-refractivity contribution in [3.63, 3.8) is 0 Å². The van der Waals surface area contributed by atoms with Crippen molar-refractivity contribution >= 4 is 27.5 Å². The molecule has 122 valence electrons. The molecule has 0 aliphatic rings. The van der Waals surface area contributed by atoms with E-state index in [1.54, 1.807) is 44.2 Å². The van der Waals surface area contributed by atoms with Crippen molar-refractivity contribution in [1.82, 2.24) is 4.72 Å². The van der Waals surface area contributed by atoms with E-state index < -0.39 is 15.9 Å². The molecule has 1 N–H and O–H groups in total. The van der Waals surface area contributed by atoms with Gasteiger partial charge in [0.05, 0.1) is 4.90 Å². The number of hydrogen-bond donors (Lipinski definition) is 1. The third-order valence-corrected chi connectivity index (χ3v) is 5.16. The van der Waals surface area contributed by atoms with E-state index in [0.29, 0.717) is 17.0 Å². The molecule has 0 spiro atoms. The Morgan fingerprint density at radius 2 is 1.87 bits per heavy atom. The molecule has 23 heavy (non-hydrogen) atoms. The van der Waals surface area contributed by atoms with Crippen molar-refractivity contribution in [2.24, 2.45) is 0 Å². The van der Waals surface area contributed by atoms with Crippen LogP contribution >= 0.6 is 11.6 Å². The number of sulfonamides is 1. The summed E-state index contributed by atoms with van der Waals surface area (Å²) < 4.78 is 26.8. The quantitative estimate of drug-likeness (QED) is 0.898. The molecule has 6 heteroatoms. The molecule has 0 fully saturated rings. The summed E-state index contributed by atoms with van der Waals surface area (Å²) in [6.07, 6.45) is 0.499. The van der Waals surface area contributed by atoms with Crippen LogP contribution in [0.25, 0.3) is 0 Å². The number of hydrogen-bond acceptors (Lipinski definition) is 3. The predicted molar refractivity (Wildman–Crippen MR) is 91.0 cm³/mol. The minimum atomic E-state index is -3.85. The molecule has 2 aromatic rings. The van der Waals surface area contributed by atoms with Crippen LogP contribution in [-0.4, -0.2) is 14.3 Å². The molecule has 2 aromatic carbocycles. The summed E-state index contributed by atoms with van der Waals surface area (Å²) in [5, 5.41) is 0.589. The minimum Gasteiger partial charge on any atom is -0.274 e. The zero-order valence-electron chi connectivity index (χ0n) is 13.0. The number of nitrogens with one attached hydrogen (secondary N) is 1. The zero-order valence-corrected chi connectivity index (χ0v) is 14.5. The van der Waals surface area contributed by atoms with Gasteiger partial charge in [0.25, 0.3) is 10.0 Å². The van der Waals surface area contributed by atoms with E-state index in [1.165, 1.54) is 0 Å². The number of aryl methyl sites for hydroxylation is 3. The number of carbonyl (C=O) groups excluding carboxylic acids is 1. The molecular formula is C17H18ClNO3S. The van der Waals surface area contributed by atoms with Gasteiger partial charge in [-0.05, 0) is 55.2 Å². The van der Waals surface area contributed by atoms with E-state index in [0.717, 1.165) is 11.1 Å². The average molecular weight is 352 g/mol. The van der Waals surface area contributed by atoms with Crippen LogP contribution in [0, 0.1) is 13.8 Å². The van der Waals surface area contributed by atoms with Gasteiger partial charge >= 0.3 is 0 Å². The Kier molecular flexibility index (Phi) is 5.44. The van der Waals surface area contributed by atoms with E-state index in [1.807, 2.05) is 12.1 Å². The molecule has 0 unspecified atom stereocenters. The van der Waals surface area contributed by atoms with Crippen molar-refractivity contribution in [2.75, 3.05) is 0 Å². The lowest BCUT2D eigenvalue weighted by atomic mass is 10.1. The Labute approximate surface area is 141 Å². The Bertz CT molecular complexity index is 831. The van der Waals surface area contributed by atoms with Crippen LogP contribution < -0.4 is 4.72 Å². The highest BCUT2D eigenvalue weighted by Gasteiger charge is 2.19. The molecule has 1 amide bonds. The highest BCUT2D eigenvalue weighted by Crippen LogP contribution is 2.17. The molecule has 0 aliphatic heterocycles. The van der Waals surface area contributed by atoms with Gasteiger partial charge in [0.1, 0.15) is 0 Å². The van der Waals surface area contributed by atoms with Crippen molar-refractivity contribution in [3.05, 3.63) is 64.2 Å². The van der Waals surface area contributed by atoms with E-state index in [9.17, 15) is 13.2 Å². The molecule has 0 saturated carbocycles. The smallest absolute Gasteiger partial charge is 0.264 e. The molecule has 0 atom stereocenters. The Morgan fingerprint density at radius 3 is 2.57 bits per heavy atom. The molecule has 0 heterocycles. The summed E-state index contributed by atoms with van der Waals surface area (Å²) in [4.78, 5) is 12.1. The highest BCUT2D eigenvalue weighted by molar-refractivity contribution is 7.90. The summed E-state index contributed by atoms with van der Waals surface area (Å²) in [6, 6.07) is 12.3. The fraction of sp³-hybridized carbons (Fsp3) is 0.235. The molecule has 0 aromatic heterocycles. The maximum Gasteiger partial charge on any atom is 0.264 e. The first-order chi connectivity index (χ1) is 10.8. The molecule has 0 radical (unpaired) electrons. The number of amides is 1. The van der Waals surface area contributed by atoms with Crippen molar-refractivity contribution in [3.8, 4) is 0 Å². The number of carbonyl (C=O) groups is 1. The topological polar surface area (TPSA) is 63.2 Å². The Morgan fingerprint density at radius 1 is 1.13 bits per heavy atom. The lowest BCUT2D eigenvalue weighted by Gasteiger charge is -2.10. The summed E-state index contributed by atoms with van der Waals surface area (Å²) in [6.45, 7) is 3.50. The van der Waals surface area contributed by atoms with Crippen molar-refractivity contribution < 1.29 is 13.2 Å². The van der Waals surface area contributed by atoms with Gasteiger partial charge in [-0.25, -0.2) is 13.1 Å². The third-order valence-electron chi connectivity index (χ3n) is 3.41. The third kappa shape index (κ3) is 4.81. The number of rotatable bonds is 5. The standard InChI is InChI=1S/C17H18ClNO3S/c1-12-6-7-13(2)16(10-12)23(21,22)19-17(20)9-8-14-4-3-5-15(18)11-14/h3-7,10-11H,8-9H2,1-2H3,(H,19,20). The first kappa shape index (κ1) is 17.5. The number of halogens is 1. The van der Waals surface area contributed by atoms with Crippen LogP contribution in [0.15, 0.2) is 47.4 Å². The van der Waals surface area contributed by atoms with E-state index >= 15 is 0 Å². The highest BCUT2D eigenvalue weighted by atomic mass is 35.5. The Balaban J connectivity index is 2.05. The second kappa shape index (κ2) is 7.15. The summed E-state index contributed by atoms with van der Waals surface area (Å²) in [5.41, 5.74) is 2.31. The molecule has 0 saturated heterocycles. The van der Waals surface area contributed by atoms with Crippen molar-refractivity contribution in [2.45, 2.75) is 31.6 Å². The van der Waals surface area contributed by atoms with Crippen LogP contribution in [0.4, 0.5) is 0 Å². The normalized spacial score (nSPS) is 11.3. The van der Waals surface area contributed by atoms with Crippen LogP contribution in [0.3, 0.4) is 0 Å². The maximum atomic E-state index is 12.3. The monoisotopic (exact) mass is 351 g/mol. The zero-order chi connectivity index (χ0) is 17.0. The molecule has 4 nitrogen and oxygen atoms in total. The Hall–Kier alpha value is -1.85. The largest absolute Gasteiger partial charge is 0.274 e. The first-order valence-electron chi connectivity index (χ1n) is 7.15. The van der Waals surface area contributed by atoms with Gasteiger partial charge in [0, 0.05) is 11.4 Å².